The quantitative estimate of drug-likeness (QED) is 0.462. The van der Waals surface area contributed by atoms with Gasteiger partial charge >= 0.3 is 6.18 Å². The Morgan fingerprint density at radius 3 is 2.37 bits per heavy atom. The van der Waals surface area contributed by atoms with Crippen LogP contribution in [0.25, 0.3) is 5.78 Å². The summed E-state index contributed by atoms with van der Waals surface area (Å²) in [5, 5.41) is 3.48. The third-order valence-corrected chi connectivity index (χ3v) is 5.05. The number of nitrogens with zero attached hydrogens (tertiary/aromatic N) is 4. The minimum atomic E-state index is -4.69. The van der Waals surface area contributed by atoms with Crippen LogP contribution in [-0.2, 0) is 22.2 Å². The lowest BCUT2D eigenvalue weighted by molar-refractivity contribution is -0.144. The summed E-state index contributed by atoms with van der Waals surface area (Å²) in [6, 6.07) is 6.75. The van der Waals surface area contributed by atoms with Gasteiger partial charge in [-0.2, -0.15) is 18.2 Å². The Morgan fingerprint density at radius 1 is 1.09 bits per heavy atom. The Hall–Kier alpha value is -3.90. The highest BCUT2D eigenvalue weighted by atomic mass is 19.4. The van der Waals surface area contributed by atoms with Crippen LogP contribution in [0.3, 0.4) is 0 Å². The minimum absolute atomic E-state index is 0.0515. The topological polar surface area (TPSA) is 120 Å². The molecule has 1 unspecified atom stereocenters. The molecule has 0 spiro atoms. The second-order valence-corrected chi connectivity index (χ2v) is 7.61. The maximum absolute atomic E-state index is 12.9. The lowest BCUT2D eigenvalue weighted by atomic mass is 10.1. The minimum Gasteiger partial charge on any atom is -0.494 e. The van der Waals surface area contributed by atoms with Crippen molar-refractivity contribution >= 4 is 17.6 Å². The van der Waals surface area contributed by atoms with Crippen LogP contribution in [0.15, 0.2) is 24.3 Å². The van der Waals surface area contributed by atoms with E-state index in [4.69, 9.17) is 9.47 Å². The molecule has 0 aliphatic rings. The molecule has 0 saturated heterocycles. The number of fused-ring (bicyclic) bond motifs is 1. The molecule has 10 nitrogen and oxygen atoms in total. The molecule has 2 aromatic heterocycles. The number of hydrazine groups is 1. The van der Waals surface area contributed by atoms with Crippen LogP contribution >= 0.6 is 0 Å². The van der Waals surface area contributed by atoms with Gasteiger partial charge in [0.2, 0.25) is 5.91 Å². The summed E-state index contributed by atoms with van der Waals surface area (Å²) in [7, 11) is 0. The van der Waals surface area contributed by atoms with E-state index in [1.807, 2.05) is 6.92 Å². The molecule has 2 heterocycles. The van der Waals surface area contributed by atoms with E-state index >= 15 is 0 Å². The molecule has 2 amide bonds. The van der Waals surface area contributed by atoms with E-state index in [1.165, 1.54) is 6.92 Å². The van der Waals surface area contributed by atoms with Crippen molar-refractivity contribution in [2.75, 3.05) is 6.61 Å². The summed E-state index contributed by atoms with van der Waals surface area (Å²) in [6.07, 6.45) is -5.47. The molecule has 0 aliphatic carbocycles. The van der Waals surface area contributed by atoms with Crippen LogP contribution in [0.5, 0.6) is 11.5 Å². The van der Waals surface area contributed by atoms with Gasteiger partial charge in [-0.15, -0.1) is 5.10 Å². The number of hydrogen-bond donors (Lipinski definition) is 2. The molecule has 0 fully saturated rings. The molecule has 2 N–H and O–H groups in total. The Labute approximate surface area is 198 Å². The van der Waals surface area contributed by atoms with Crippen molar-refractivity contribution in [2.45, 2.75) is 52.8 Å². The van der Waals surface area contributed by atoms with Crippen LogP contribution in [0.2, 0.25) is 0 Å². The first-order chi connectivity index (χ1) is 16.5. The Morgan fingerprint density at radius 2 is 1.74 bits per heavy atom. The second kappa shape index (κ2) is 10.6. The molecule has 13 heteroatoms. The van der Waals surface area contributed by atoms with Crippen molar-refractivity contribution < 1.29 is 32.2 Å². The number of alkyl halides is 3. The molecule has 188 valence electrons. The summed E-state index contributed by atoms with van der Waals surface area (Å²) in [5.41, 5.74) is 5.98. The average Bonchev–Trinajstić information content (AvgIpc) is 3.23. The first kappa shape index (κ1) is 25.7. The van der Waals surface area contributed by atoms with Gasteiger partial charge in [-0.05, 0) is 63.9 Å². The van der Waals surface area contributed by atoms with Crippen molar-refractivity contribution in [1.29, 1.82) is 0 Å². The fraction of sp³-hybridized carbons (Fsp3) is 0.409. The monoisotopic (exact) mass is 494 g/mol. The molecule has 0 aliphatic heterocycles. The number of aromatic nitrogens is 4. The molecule has 3 aromatic rings. The largest absolute Gasteiger partial charge is 0.494 e. The van der Waals surface area contributed by atoms with Crippen LogP contribution in [0.1, 0.15) is 43.0 Å². The van der Waals surface area contributed by atoms with Gasteiger partial charge in [-0.25, -0.2) is 9.50 Å². The number of amides is 2. The maximum atomic E-state index is 12.9. The summed E-state index contributed by atoms with van der Waals surface area (Å²) in [5.74, 6) is -1.39. The number of carbonyl (C=O) groups excluding carboxylic acids is 2. The second-order valence-electron chi connectivity index (χ2n) is 7.61. The Bertz CT molecular complexity index is 1210. The zero-order chi connectivity index (χ0) is 25.8. The van der Waals surface area contributed by atoms with E-state index in [-0.39, 0.29) is 18.6 Å². The number of ether oxygens (including phenoxy) is 2. The molecule has 1 aromatic carbocycles. The van der Waals surface area contributed by atoms with Crippen molar-refractivity contribution in [3.63, 3.8) is 0 Å². The number of aryl methyl sites for hydroxylation is 2. The highest BCUT2D eigenvalue weighted by Crippen LogP contribution is 2.27. The first-order valence-electron chi connectivity index (χ1n) is 10.8. The third kappa shape index (κ3) is 6.37. The summed E-state index contributed by atoms with van der Waals surface area (Å²) >= 11 is 0. The zero-order valence-electron chi connectivity index (χ0n) is 19.6. The number of carbonyl (C=O) groups is 2. The normalized spacial score (nSPS) is 12.3. The Balaban J connectivity index is 1.53. The third-order valence-electron chi connectivity index (χ3n) is 5.05. The number of hydrogen-bond acceptors (Lipinski definition) is 7. The average molecular weight is 494 g/mol. The zero-order valence-corrected chi connectivity index (χ0v) is 19.6. The summed E-state index contributed by atoms with van der Waals surface area (Å²) in [4.78, 5) is 32.0. The van der Waals surface area contributed by atoms with Crippen LogP contribution in [0.4, 0.5) is 13.2 Å². The van der Waals surface area contributed by atoms with Gasteiger partial charge in [-0.3, -0.25) is 20.4 Å². The summed E-state index contributed by atoms with van der Waals surface area (Å²) < 4.78 is 50.7. The molecule has 0 radical (unpaired) electrons. The van der Waals surface area contributed by atoms with Gasteiger partial charge in [0.1, 0.15) is 11.5 Å². The highest BCUT2D eigenvalue weighted by Gasteiger charge is 2.37. The van der Waals surface area contributed by atoms with Crippen molar-refractivity contribution in [2.24, 2.45) is 0 Å². The predicted octanol–water partition coefficient (Wildman–Crippen LogP) is 2.71. The fourth-order valence-electron chi connectivity index (χ4n) is 3.26. The van der Waals surface area contributed by atoms with Crippen molar-refractivity contribution in [1.82, 2.24) is 30.4 Å². The number of rotatable bonds is 8. The number of halogens is 3. The first-order valence-corrected chi connectivity index (χ1v) is 10.8. The standard InChI is InChI=1S/C22H25F3N6O4/c1-5-34-15-6-8-16(9-7-15)35-14(4)19(33)29-28-18(32)11-10-17-12(2)26-21-27-20(22(23,24)25)30-31(21)13(17)3/h6-9,14H,5,10-11H2,1-4H3,(H,28,32)(H,29,33). The molecule has 0 bridgehead atoms. The lowest BCUT2D eigenvalue weighted by Gasteiger charge is -2.16. The number of nitrogens with one attached hydrogen (secondary N) is 2. The van der Waals surface area contributed by atoms with Gasteiger partial charge in [0, 0.05) is 17.8 Å². The van der Waals surface area contributed by atoms with Crippen LogP contribution in [-0.4, -0.2) is 44.1 Å². The van der Waals surface area contributed by atoms with Crippen LogP contribution in [0, 0.1) is 13.8 Å². The van der Waals surface area contributed by atoms with E-state index in [2.05, 4.69) is 25.9 Å². The summed E-state index contributed by atoms with van der Waals surface area (Å²) in [6.45, 7) is 7.11. The maximum Gasteiger partial charge on any atom is 0.453 e. The smallest absolute Gasteiger partial charge is 0.453 e. The molecular weight excluding hydrogens is 469 g/mol. The van der Waals surface area contributed by atoms with E-state index in [0.29, 0.717) is 35.1 Å². The Kier molecular flexibility index (Phi) is 7.77. The van der Waals surface area contributed by atoms with Gasteiger partial charge in [0.05, 0.1) is 6.61 Å². The van der Waals surface area contributed by atoms with E-state index in [0.717, 1.165) is 4.52 Å². The van der Waals surface area contributed by atoms with E-state index < -0.39 is 29.9 Å². The van der Waals surface area contributed by atoms with Gasteiger partial charge in [0.15, 0.2) is 6.10 Å². The molecular formula is C22H25F3N6O4. The molecule has 1 atom stereocenters. The van der Waals surface area contributed by atoms with Crippen molar-refractivity contribution in [3.05, 3.63) is 47.0 Å². The molecule has 35 heavy (non-hydrogen) atoms. The molecule has 0 saturated carbocycles. The van der Waals surface area contributed by atoms with E-state index in [9.17, 15) is 22.8 Å². The van der Waals surface area contributed by atoms with Gasteiger partial charge in [-0.1, -0.05) is 0 Å². The molecule has 3 rings (SSSR count). The SMILES string of the molecule is CCOc1ccc(OC(C)C(=O)NNC(=O)CCc2c(C)nc3nc(C(F)(F)F)nn3c2C)cc1. The predicted molar refractivity (Wildman–Crippen MR) is 118 cm³/mol. The van der Waals surface area contributed by atoms with Crippen LogP contribution < -0.4 is 20.3 Å². The number of benzene rings is 1. The highest BCUT2D eigenvalue weighted by molar-refractivity contribution is 5.84. The van der Waals surface area contributed by atoms with Crippen molar-refractivity contribution in [3.8, 4) is 11.5 Å². The van der Waals surface area contributed by atoms with Gasteiger partial charge < -0.3 is 9.47 Å². The van der Waals surface area contributed by atoms with Gasteiger partial charge in [0.25, 0.3) is 17.5 Å². The van der Waals surface area contributed by atoms with E-state index in [1.54, 1.807) is 38.1 Å². The fourth-order valence-corrected chi connectivity index (χ4v) is 3.26. The lowest BCUT2D eigenvalue weighted by Crippen LogP contribution is -2.47.